The van der Waals surface area contributed by atoms with Gasteiger partial charge in [-0.25, -0.2) is 0 Å². The predicted octanol–water partition coefficient (Wildman–Crippen LogP) is 0.255. The summed E-state index contributed by atoms with van der Waals surface area (Å²) >= 11 is 0. The van der Waals surface area contributed by atoms with Crippen LogP contribution in [0.3, 0.4) is 0 Å². The topological polar surface area (TPSA) is 76.0 Å². The van der Waals surface area contributed by atoms with E-state index >= 15 is 0 Å². The maximum Gasteiger partial charge on any atom is 0.197 e. The minimum absolute atomic E-state index is 0.0485. The Kier molecular flexibility index (Phi) is 3.72. The SMILES string of the molecule is C[C@H]1C(O)[C@@H](COP(C)(C)=O)O[C@H]1O. The van der Waals surface area contributed by atoms with Crippen LogP contribution < -0.4 is 0 Å². The molecule has 2 N–H and O–H groups in total. The monoisotopic (exact) mass is 224 g/mol. The molecule has 0 saturated carbocycles. The van der Waals surface area contributed by atoms with Gasteiger partial charge in [-0.05, 0) is 0 Å². The van der Waals surface area contributed by atoms with E-state index in [0.717, 1.165) is 0 Å². The molecule has 5 nitrogen and oxygen atoms in total. The van der Waals surface area contributed by atoms with Crippen molar-refractivity contribution in [1.29, 1.82) is 0 Å². The second-order valence-corrected chi connectivity index (χ2v) is 6.72. The Morgan fingerprint density at radius 3 is 2.36 bits per heavy atom. The minimum atomic E-state index is -2.56. The Bertz CT molecular complexity index is 238. The van der Waals surface area contributed by atoms with Gasteiger partial charge in [0.15, 0.2) is 13.7 Å². The molecule has 1 saturated heterocycles. The fraction of sp³-hybridized carbons (Fsp3) is 1.00. The van der Waals surface area contributed by atoms with Gasteiger partial charge in [0.25, 0.3) is 0 Å². The number of aliphatic hydroxyl groups excluding tert-OH is 2. The Hall–Kier alpha value is 0.0700. The summed E-state index contributed by atoms with van der Waals surface area (Å²) < 4.78 is 21.3. The normalized spacial score (nSPS) is 38.9. The standard InChI is InChI=1S/C8H17O5P/c1-5-7(9)6(13-8(5)10)4-12-14(2,3)11/h5-10H,4H2,1-3H3/t5-,6+,7?,8+/m0/s1. The van der Waals surface area contributed by atoms with Crippen LogP contribution in [0.15, 0.2) is 0 Å². The lowest BCUT2D eigenvalue weighted by molar-refractivity contribution is -0.114. The number of aliphatic hydroxyl groups is 2. The van der Waals surface area contributed by atoms with Crippen LogP contribution in [-0.4, -0.2) is 48.6 Å². The lowest BCUT2D eigenvalue weighted by Gasteiger charge is -2.16. The molecular weight excluding hydrogens is 207 g/mol. The van der Waals surface area contributed by atoms with Crippen molar-refractivity contribution in [2.24, 2.45) is 5.92 Å². The van der Waals surface area contributed by atoms with Gasteiger partial charge in [0, 0.05) is 19.2 Å². The lowest BCUT2D eigenvalue weighted by Crippen LogP contribution is -2.29. The van der Waals surface area contributed by atoms with Crippen molar-refractivity contribution in [3.63, 3.8) is 0 Å². The maximum absolute atomic E-state index is 11.2. The van der Waals surface area contributed by atoms with Crippen molar-refractivity contribution in [3.05, 3.63) is 0 Å². The van der Waals surface area contributed by atoms with Crippen LogP contribution in [0.1, 0.15) is 6.92 Å². The zero-order chi connectivity index (χ0) is 10.9. The summed E-state index contributed by atoms with van der Waals surface area (Å²) in [6, 6.07) is 0. The first-order valence-electron chi connectivity index (χ1n) is 4.52. The van der Waals surface area contributed by atoms with Gasteiger partial charge in [-0.1, -0.05) is 6.92 Å². The molecule has 14 heavy (non-hydrogen) atoms. The van der Waals surface area contributed by atoms with Gasteiger partial charge in [0.05, 0.1) is 12.7 Å². The molecule has 1 heterocycles. The first kappa shape index (κ1) is 12.1. The highest BCUT2D eigenvalue weighted by atomic mass is 31.2. The predicted molar refractivity (Wildman–Crippen MR) is 51.5 cm³/mol. The van der Waals surface area contributed by atoms with Crippen LogP contribution in [0.5, 0.6) is 0 Å². The molecule has 0 bridgehead atoms. The van der Waals surface area contributed by atoms with Crippen molar-refractivity contribution in [3.8, 4) is 0 Å². The summed E-state index contributed by atoms with van der Waals surface area (Å²) in [6.45, 7) is 4.72. The van der Waals surface area contributed by atoms with Crippen molar-refractivity contribution in [2.45, 2.75) is 25.4 Å². The molecular formula is C8H17O5P. The van der Waals surface area contributed by atoms with Gasteiger partial charge in [-0.3, -0.25) is 4.57 Å². The minimum Gasteiger partial charge on any atom is -0.390 e. The van der Waals surface area contributed by atoms with Crippen LogP contribution in [0.4, 0.5) is 0 Å². The van der Waals surface area contributed by atoms with E-state index in [-0.39, 0.29) is 12.5 Å². The van der Waals surface area contributed by atoms with Gasteiger partial charge in [0.1, 0.15) is 6.10 Å². The van der Waals surface area contributed by atoms with E-state index in [1.807, 2.05) is 0 Å². The average Bonchev–Trinajstić information content (AvgIpc) is 2.28. The summed E-state index contributed by atoms with van der Waals surface area (Å²) in [5.41, 5.74) is 0. The van der Waals surface area contributed by atoms with Crippen molar-refractivity contribution in [2.75, 3.05) is 19.9 Å². The molecule has 6 heteroatoms. The summed E-state index contributed by atoms with van der Waals surface area (Å²) in [7, 11) is -2.56. The molecule has 1 aliphatic heterocycles. The number of hydrogen-bond acceptors (Lipinski definition) is 5. The quantitative estimate of drug-likeness (QED) is 0.672. The Morgan fingerprint density at radius 1 is 1.43 bits per heavy atom. The summed E-state index contributed by atoms with van der Waals surface area (Å²) in [4.78, 5) is 0. The molecule has 0 aromatic rings. The maximum atomic E-state index is 11.2. The van der Waals surface area contributed by atoms with Crippen LogP contribution in [0, 0.1) is 5.92 Å². The number of hydrogen-bond donors (Lipinski definition) is 2. The van der Waals surface area contributed by atoms with Crippen LogP contribution in [0.25, 0.3) is 0 Å². The molecule has 84 valence electrons. The van der Waals surface area contributed by atoms with Gasteiger partial charge in [-0.15, -0.1) is 0 Å². The zero-order valence-electron chi connectivity index (χ0n) is 8.58. The third-order valence-corrected chi connectivity index (χ3v) is 3.00. The van der Waals surface area contributed by atoms with E-state index in [2.05, 4.69) is 0 Å². The Morgan fingerprint density at radius 2 is 2.00 bits per heavy atom. The molecule has 1 rings (SSSR count). The first-order valence-corrected chi connectivity index (χ1v) is 7.04. The van der Waals surface area contributed by atoms with E-state index in [4.69, 9.17) is 9.26 Å². The van der Waals surface area contributed by atoms with E-state index < -0.39 is 25.9 Å². The molecule has 0 amide bonds. The summed E-state index contributed by atoms with van der Waals surface area (Å²) in [5, 5.41) is 18.8. The van der Waals surface area contributed by atoms with Gasteiger partial charge in [0.2, 0.25) is 0 Å². The molecule has 1 unspecified atom stereocenters. The molecule has 0 radical (unpaired) electrons. The van der Waals surface area contributed by atoms with Gasteiger partial charge >= 0.3 is 0 Å². The highest BCUT2D eigenvalue weighted by molar-refractivity contribution is 7.57. The molecule has 0 spiro atoms. The molecule has 1 aliphatic rings. The highest BCUT2D eigenvalue weighted by Gasteiger charge is 2.40. The summed E-state index contributed by atoms with van der Waals surface area (Å²) in [6.07, 6.45) is -2.32. The van der Waals surface area contributed by atoms with Crippen LogP contribution in [-0.2, 0) is 13.8 Å². The van der Waals surface area contributed by atoms with E-state index in [1.165, 1.54) is 13.3 Å². The largest absolute Gasteiger partial charge is 0.390 e. The van der Waals surface area contributed by atoms with Crippen molar-refractivity contribution < 1.29 is 24.0 Å². The van der Waals surface area contributed by atoms with Gasteiger partial charge in [-0.2, -0.15) is 0 Å². The molecule has 0 aromatic heterocycles. The Labute approximate surface area is 83.5 Å². The molecule has 1 fully saturated rings. The van der Waals surface area contributed by atoms with Crippen molar-refractivity contribution >= 4 is 7.37 Å². The first-order chi connectivity index (χ1) is 6.31. The molecule has 4 atom stereocenters. The third-order valence-electron chi connectivity index (χ3n) is 2.23. The fourth-order valence-electron chi connectivity index (χ4n) is 1.28. The van der Waals surface area contributed by atoms with E-state index in [1.54, 1.807) is 6.92 Å². The molecule has 0 aliphatic carbocycles. The van der Waals surface area contributed by atoms with Gasteiger partial charge < -0.3 is 19.5 Å². The lowest BCUT2D eigenvalue weighted by atomic mass is 10.0. The molecule has 0 aromatic carbocycles. The van der Waals surface area contributed by atoms with Crippen LogP contribution >= 0.6 is 7.37 Å². The van der Waals surface area contributed by atoms with Crippen molar-refractivity contribution in [1.82, 2.24) is 0 Å². The summed E-state index contributed by atoms with van der Waals surface area (Å²) in [5.74, 6) is -0.336. The fourth-order valence-corrected chi connectivity index (χ4v) is 1.79. The smallest absolute Gasteiger partial charge is 0.197 e. The zero-order valence-corrected chi connectivity index (χ0v) is 9.48. The number of ether oxygens (including phenoxy) is 1. The Balaban J connectivity index is 2.44. The average molecular weight is 224 g/mol. The highest BCUT2D eigenvalue weighted by Crippen LogP contribution is 2.38. The van der Waals surface area contributed by atoms with E-state index in [0.29, 0.717) is 0 Å². The number of rotatable bonds is 3. The second-order valence-electron chi connectivity index (χ2n) is 3.96. The van der Waals surface area contributed by atoms with E-state index in [9.17, 15) is 14.8 Å². The third kappa shape index (κ3) is 3.04. The van der Waals surface area contributed by atoms with Crippen LogP contribution in [0.2, 0.25) is 0 Å². The second kappa shape index (κ2) is 4.29.